The van der Waals surface area contributed by atoms with Crippen LogP contribution in [0.25, 0.3) is 0 Å². The van der Waals surface area contributed by atoms with Crippen LogP contribution in [0.3, 0.4) is 0 Å². The number of hydrogen-bond acceptors (Lipinski definition) is 3. The number of rotatable bonds is 2. The average Bonchev–Trinajstić information content (AvgIpc) is 2.53. The van der Waals surface area contributed by atoms with Gasteiger partial charge in [-0.3, -0.25) is 4.79 Å². The van der Waals surface area contributed by atoms with Gasteiger partial charge in [-0.25, -0.2) is 0 Å². The van der Waals surface area contributed by atoms with Crippen LogP contribution in [0, 0.1) is 0 Å². The molecule has 0 spiro atoms. The third-order valence-electron chi connectivity index (χ3n) is 1.88. The number of nitrogens with zero attached hydrogens (tertiary/aromatic N) is 1. The van der Waals surface area contributed by atoms with Gasteiger partial charge in [-0.2, -0.15) is 0 Å². The fraction of sp³-hybridized carbons (Fsp3) is 0.857. The van der Waals surface area contributed by atoms with Crippen molar-refractivity contribution in [3.63, 3.8) is 0 Å². The molecule has 1 amide bonds. The second-order valence-corrected chi connectivity index (χ2v) is 2.73. The van der Waals surface area contributed by atoms with Gasteiger partial charge in [-0.15, -0.1) is 0 Å². The molecular weight excluding hydrogens is 146 g/mol. The Morgan fingerprint density at radius 2 is 2.00 bits per heavy atom. The van der Waals surface area contributed by atoms with Gasteiger partial charge in [0.25, 0.3) is 5.91 Å². The molecule has 4 nitrogen and oxygen atoms in total. The molecule has 0 radical (unpaired) electrons. The first-order chi connectivity index (χ1) is 5.25. The van der Waals surface area contributed by atoms with Crippen LogP contribution in [-0.2, 0) is 4.79 Å². The van der Waals surface area contributed by atoms with Gasteiger partial charge in [0, 0.05) is 13.1 Å². The molecule has 1 fully saturated rings. The number of amides is 1. The molecule has 1 unspecified atom stereocenters. The lowest BCUT2D eigenvalue weighted by atomic mass is 10.3. The zero-order valence-electron chi connectivity index (χ0n) is 6.36. The molecule has 0 aromatic carbocycles. The summed E-state index contributed by atoms with van der Waals surface area (Å²) >= 11 is 0. The van der Waals surface area contributed by atoms with Gasteiger partial charge in [-0.05, 0) is 12.8 Å². The van der Waals surface area contributed by atoms with Crippen LogP contribution in [0.1, 0.15) is 12.8 Å². The van der Waals surface area contributed by atoms with Crippen LogP contribution in [0.15, 0.2) is 0 Å². The van der Waals surface area contributed by atoms with Crippen molar-refractivity contribution in [2.24, 2.45) is 0 Å². The maximum Gasteiger partial charge on any atom is 0.253 e. The third kappa shape index (κ3) is 1.91. The van der Waals surface area contributed by atoms with Gasteiger partial charge < -0.3 is 15.1 Å². The number of likely N-dealkylation sites (tertiary alicyclic amines) is 1. The Balaban J connectivity index is 2.39. The molecule has 1 rings (SSSR count). The molecule has 11 heavy (non-hydrogen) atoms. The summed E-state index contributed by atoms with van der Waals surface area (Å²) in [7, 11) is 0. The lowest BCUT2D eigenvalue weighted by molar-refractivity contribution is -0.140. The summed E-state index contributed by atoms with van der Waals surface area (Å²) in [6, 6.07) is 0. The minimum Gasteiger partial charge on any atom is -0.393 e. The van der Waals surface area contributed by atoms with Crippen molar-refractivity contribution in [3.05, 3.63) is 0 Å². The fourth-order valence-electron chi connectivity index (χ4n) is 1.23. The molecule has 0 aromatic rings. The van der Waals surface area contributed by atoms with E-state index in [9.17, 15) is 4.79 Å². The standard InChI is InChI=1S/C7H13NO3/c9-5-6(10)7(11)8-3-1-2-4-8/h6,9-10H,1-5H2. The second kappa shape index (κ2) is 3.69. The summed E-state index contributed by atoms with van der Waals surface area (Å²) < 4.78 is 0. The normalized spacial score (nSPS) is 20.4. The smallest absolute Gasteiger partial charge is 0.253 e. The number of hydrogen-bond donors (Lipinski definition) is 2. The number of aliphatic hydroxyl groups is 2. The molecule has 0 aromatic heterocycles. The van der Waals surface area contributed by atoms with E-state index in [4.69, 9.17) is 10.2 Å². The molecular formula is C7H13NO3. The highest BCUT2D eigenvalue weighted by Crippen LogP contribution is 2.08. The Kier molecular flexibility index (Phi) is 2.84. The van der Waals surface area contributed by atoms with Crippen molar-refractivity contribution in [2.45, 2.75) is 18.9 Å². The first-order valence-electron chi connectivity index (χ1n) is 3.83. The van der Waals surface area contributed by atoms with Crippen LogP contribution in [-0.4, -0.2) is 46.8 Å². The van der Waals surface area contributed by atoms with Gasteiger partial charge in [0.15, 0.2) is 6.10 Å². The maximum absolute atomic E-state index is 11.1. The lowest BCUT2D eigenvalue weighted by Gasteiger charge is -2.17. The van der Waals surface area contributed by atoms with Gasteiger partial charge in [0.05, 0.1) is 6.61 Å². The molecule has 0 bridgehead atoms. The molecule has 1 aliphatic heterocycles. The van der Waals surface area contributed by atoms with Gasteiger partial charge in [0.2, 0.25) is 0 Å². The fourth-order valence-corrected chi connectivity index (χ4v) is 1.23. The van der Waals surface area contributed by atoms with E-state index in [2.05, 4.69) is 0 Å². The van der Waals surface area contributed by atoms with Crippen molar-refractivity contribution in [1.29, 1.82) is 0 Å². The topological polar surface area (TPSA) is 60.8 Å². The van der Waals surface area contributed by atoms with Crippen molar-refractivity contribution >= 4 is 5.91 Å². The summed E-state index contributed by atoms with van der Waals surface area (Å²) in [5.41, 5.74) is 0. The average molecular weight is 159 g/mol. The summed E-state index contributed by atoms with van der Waals surface area (Å²) in [6.45, 7) is 0.959. The first kappa shape index (κ1) is 8.49. The predicted octanol–water partition coefficient (Wildman–Crippen LogP) is -1.04. The minimum absolute atomic E-state index is 0.343. The molecule has 1 atom stereocenters. The van der Waals surface area contributed by atoms with Crippen molar-refractivity contribution in [2.75, 3.05) is 19.7 Å². The maximum atomic E-state index is 11.1. The van der Waals surface area contributed by atoms with E-state index in [0.717, 1.165) is 25.9 Å². The summed E-state index contributed by atoms with van der Waals surface area (Å²) in [6.07, 6.45) is 0.793. The molecule has 4 heteroatoms. The van der Waals surface area contributed by atoms with Gasteiger partial charge >= 0.3 is 0 Å². The monoisotopic (exact) mass is 159 g/mol. The molecule has 0 aliphatic carbocycles. The van der Waals surface area contributed by atoms with E-state index in [0.29, 0.717) is 0 Å². The summed E-state index contributed by atoms with van der Waals surface area (Å²) in [5, 5.41) is 17.4. The highest BCUT2D eigenvalue weighted by Gasteiger charge is 2.23. The molecule has 0 saturated carbocycles. The van der Waals surface area contributed by atoms with Crippen LogP contribution in [0.5, 0.6) is 0 Å². The Labute approximate surface area is 65.4 Å². The number of aliphatic hydroxyl groups excluding tert-OH is 2. The predicted molar refractivity (Wildman–Crippen MR) is 38.9 cm³/mol. The largest absolute Gasteiger partial charge is 0.393 e. The SMILES string of the molecule is O=C(C(O)CO)N1CCCC1. The van der Waals surface area contributed by atoms with E-state index in [1.807, 2.05) is 0 Å². The quantitative estimate of drug-likeness (QED) is 0.541. The van der Waals surface area contributed by atoms with Crippen LogP contribution < -0.4 is 0 Å². The first-order valence-corrected chi connectivity index (χ1v) is 3.83. The Morgan fingerprint density at radius 3 is 2.45 bits per heavy atom. The second-order valence-electron chi connectivity index (χ2n) is 2.73. The number of carbonyl (C=O) groups excluding carboxylic acids is 1. The van der Waals surface area contributed by atoms with Crippen molar-refractivity contribution in [1.82, 2.24) is 4.90 Å². The molecule has 2 N–H and O–H groups in total. The highest BCUT2D eigenvalue weighted by atomic mass is 16.3. The minimum atomic E-state index is -1.21. The summed E-state index contributed by atoms with van der Waals surface area (Å²) in [4.78, 5) is 12.7. The van der Waals surface area contributed by atoms with Crippen molar-refractivity contribution in [3.8, 4) is 0 Å². The van der Waals surface area contributed by atoms with Gasteiger partial charge in [0.1, 0.15) is 0 Å². The van der Waals surface area contributed by atoms with Crippen LogP contribution >= 0.6 is 0 Å². The molecule has 1 aliphatic rings. The number of carbonyl (C=O) groups is 1. The molecule has 1 heterocycles. The lowest BCUT2D eigenvalue weighted by Crippen LogP contribution is -2.38. The zero-order chi connectivity index (χ0) is 8.27. The van der Waals surface area contributed by atoms with E-state index < -0.39 is 12.7 Å². The van der Waals surface area contributed by atoms with E-state index in [1.54, 1.807) is 4.90 Å². The Bertz CT molecular complexity index is 143. The molecule has 64 valence electrons. The van der Waals surface area contributed by atoms with Crippen LogP contribution in [0.4, 0.5) is 0 Å². The molecule has 1 saturated heterocycles. The van der Waals surface area contributed by atoms with Crippen molar-refractivity contribution < 1.29 is 15.0 Å². The zero-order valence-corrected chi connectivity index (χ0v) is 6.36. The summed E-state index contributed by atoms with van der Waals surface area (Å²) in [5.74, 6) is -0.343. The van der Waals surface area contributed by atoms with E-state index in [-0.39, 0.29) is 5.91 Å². The third-order valence-corrected chi connectivity index (χ3v) is 1.88. The van der Waals surface area contributed by atoms with E-state index >= 15 is 0 Å². The van der Waals surface area contributed by atoms with Crippen LogP contribution in [0.2, 0.25) is 0 Å². The Morgan fingerprint density at radius 1 is 1.45 bits per heavy atom. The highest BCUT2D eigenvalue weighted by molar-refractivity contribution is 5.80. The Hall–Kier alpha value is -0.610. The van der Waals surface area contributed by atoms with E-state index in [1.165, 1.54) is 0 Å². The van der Waals surface area contributed by atoms with Gasteiger partial charge in [-0.1, -0.05) is 0 Å².